The lowest BCUT2D eigenvalue weighted by molar-refractivity contribution is -0.224. The Morgan fingerprint density at radius 2 is 1.72 bits per heavy atom. The summed E-state index contributed by atoms with van der Waals surface area (Å²) < 4.78 is 6.40. The highest BCUT2D eigenvalue weighted by Crippen LogP contribution is 2.68. The summed E-state index contributed by atoms with van der Waals surface area (Å²) in [7, 11) is 0. The van der Waals surface area contributed by atoms with Crippen molar-refractivity contribution in [3.63, 3.8) is 0 Å². The number of carbonyl (C=O) groups is 4. The van der Waals surface area contributed by atoms with E-state index < -0.39 is 63.4 Å². The van der Waals surface area contributed by atoms with Gasteiger partial charge in [0, 0.05) is 12.0 Å². The van der Waals surface area contributed by atoms with E-state index in [1.54, 1.807) is 32.9 Å². The molecule has 0 spiro atoms. The van der Waals surface area contributed by atoms with Crippen LogP contribution in [0.3, 0.4) is 0 Å². The van der Waals surface area contributed by atoms with Crippen LogP contribution in [-0.4, -0.2) is 74.9 Å². The first-order valence-corrected chi connectivity index (χ1v) is 15.3. The molecule has 0 bridgehead atoms. The summed E-state index contributed by atoms with van der Waals surface area (Å²) in [5.41, 5.74) is -5.46. The number of esters is 1. The number of likely N-dealkylation sites (tertiary alicyclic amines) is 1. The normalized spacial score (nSPS) is 34.3. The van der Waals surface area contributed by atoms with Crippen molar-refractivity contribution in [1.29, 1.82) is 0 Å². The lowest BCUT2D eigenvalue weighted by Gasteiger charge is -2.64. The van der Waals surface area contributed by atoms with Crippen LogP contribution < -0.4 is 0 Å². The molecule has 5 rings (SSSR count). The fraction of sp³-hybridized carbons (Fsp3) is 0.588. The van der Waals surface area contributed by atoms with Crippen LogP contribution in [0.25, 0.3) is 5.76 Å². The second kappa shape index (κ2) is 10.4. The van der Waals surface area contributed by atoms with E-state index in [4.69, 9.17) is 4.74 Å². The molecular formula is C34H43NO8. The number of phenolic OH excluding ortho intramolecular Hbond substituents is 1. The summed E-state index contributed by atoms with van der Waals surface area (Å²) in [5.74, 6) is -5.65. The molecule has 3 N–H and O–H groups in total. The third-order valence-corrected chi connectivity index (χ3v) is 11.0. The standard InChI is InChI=1S/C34H43NO8/c1-17(2)26-18(3)24(20(5)36)29(40)34(42)30(41)27-28(39)25-21(11-10-12-22(25)37)19(4)32(27,6)31(33(26,34)7)43-23(38)13-16-35-14-8-9-15-35/h10-12,17,19,26,31,37,39,42H,8-9,13-16H2,1-7H3/t19-,26+,31-,32+,33+,34+/m0/s1. The second-order valence-corrected chi connectivity index (χ2v) is 13.6. The first-order valence-electron chi connectivity index (χ1n) is 15.3. The molecule has 9 nitrogen and oxygen atoms in total. The zero-order valence-corrected chi connectivity index (χ0v) is 26.1. The van der Waals surface area contributed by atoms with Gasteiger partial charge in [-0.1, -0.05) is 52.3 Å². The molecule has 1 heterocycles. The summed E-state index contributed by atoms with van der Waals surface area (Å²) in [5, 5.41) is 35.1. The van der Waals surface area contributed by atoms with Gasteiger partial charge in [-0.2, -0.15) is 0 Å². The Hall–Kier alpha value is -3.30. The highest BCUT2D eigenvalue weighted by atomic mass is 16.5. The molecule has 0 aromatic heterocycles. The van der Waals surface area contributed by atoms with Gasteiger partial charge in [-0.05, 0) is 69.2 Å². The molecule has 43 heavy (non-hydrogen) atoms. The largest absolute Gasteiger partial charge is 0.507 e. The van der Waals surface area contributed by atoms with Crippen LogP contribution in [0.15, 0.2) is 34.9 Å². The summed E-state index contributed by atoms with van der Waals surface area (Å²) in [6.07, 6.45) is 0.918. The van der Waals surface area contributed by atoms with Gasteiger partial charge in [-0.15, -0.1) is 0 Å². The lowest BCUT2D eigenvalue weighted by Crippen LogP contribution is -2.77. The van der Waals surface area contributed by atoms with Crippen LogP contribution in [0.1, 0.15) is 84.8 Å². The molecule has 1 saturated heterocycles. The van der Waals surface area contributed by atoms with E-state index in [2.05, 4.69) is 4.90 Å². The molecule has 1 aromatic carbocycles. The van der Waals surface area contributed by atoms with E-state index in [0.717, 1.165) is 25.9 Å². The molecular weight excluding hydrogens is 550 g/mol. The minimum atomic E-state index is -2.83. The van der Waals surface area contributed by atoms with Crippen molar-refractivity contribution < 1.29 is 39.2 Å². The maximum Gasteiger partial charge on any atom is 0.307 e. The minimum Gasteiger partial charge on any atom is -0.507 e. The predicted molar refractivity (Wildman–Crippen MR) is 159 cm³/mol. The fourth-order valence-electron chi connectivity index (χ4n) is 9.07. The molecule has 1 aromatic rings. The van der Waals surface area contributed by atoms with Crippen molar-refractivity contribution in [2.75, 3.05) is 19.6 Å². The van der Waals surface area contributed by atoms with Crippen molar-refractivity contribution in [2.24, 2.45) is 22.7 Å². The van der Waals surface area contributed by atoms with E-state index >= 15 is 0 Å². The van der Waals surface area contributed by atoms with Gasteiger partial charge in [0.05, 0.1) is 28.5 Å². The number of carbonyl (C=O) groups excluding carboxylic acids is 4. The van der Waals surface area contributed by atoms with Gasteiger partial charge in [-0.3, -0.25) is 19.2 Å². The minimum absolute atomic E-state index is 0.0318. The number of aliphatic hydroxyl groups excluding tert-OH is 1. The molecule has 2 fully saturated rings. The van der Waals surface area contributed by atoms with Crippen molar-refractivity contribution in [2.45, 2.75) is 85.4 Å². The Morgan fingerprint density at radius 3 is 2.30 bits per heavy atom. The smallest absolute Gasteiger partial charge is 0.307 e. The maximum absolute atomic E-state index is 14.7. The van der Waals surface area contributed by atoms with E-state index in [1.807, 2.05) is 20.8 Å². The SMILES string of the molecule is CC(=O)C1=C(C)[C@@H](C(C)C)[C@]2(C)[C@@H](OC(=O)CCN3CCCC3)[C@@]3(C)C(=C(O)c4c(O)cccc4[C@@H]3C)C(=O)[C@]2(O)C1=O. The maximum atomic E-state index is 14.7. The summed E-state index contributed by atoms with van der Waals surface area (Å²) in [6.45, 7) is 14.1. The predicted octanol–water partition coefficient (Wildman–Crippen LogP) is 4.26. The van der Waals surface area contributed by atoms with Crippen LogP contribution >= 0.6 is 0 Å². The average molecular weight is 594 g/mol. The number of hydrogen-bond acceptors (Lipinski definition) is 9. The Bertz CT molecular complexity index is 1480. The number of hydrogen-bond donors (Lipinski definition) is 3. The molecule has 1 aliphatic heterocycles. The number of aromatic hydroxyl groups is 1. The summed E-state index contributed by atoms with van der Waals surface area (Å²) in [4.78, 5) is 57.8. The lowest BCUT2D eigenvalue weighted by atomic mass is 9.39. The monoisotopic (exact) mass is 593 g/mol. The van der Waals surface area contributed by atoms with E-state index in [1.165, 1.54) is 13.0 Å². The van der Waals surface area contributed by atoms with Crippen molar-refractivity contribution >= 4 is 29.1 Å². The van der Waals surface area contributed by atoms with E-state index in [0.29, 0.717) is 17.7 Å². The third-order valence-electron chi connectivity index (χ3n) is 11.0. The molecule has 232 valence electrons. The van der Waals surface area contributed by atoms with Gasteiger partial charge in [-0.25, -0.2) is 0 Å². The van der Waals surface area contributed by atoms with Gasteiger partial charge in [0.2, 0.25) is 11.6 Å². The molecule has 6 atom stereocenters. The Morgan fingerprint density at radius 1 is 1.09 bits per heavy atom. The number of ether oxygens (including phenoxy) is 1. The number of Topliss-reactive ketones (excluding diaryl/α,β-unsaturated/α-hetero) is 3. The molecule has 1 saturated carbocycles. The van der Waals surface area contributed by atoms with Crippen molar-refractivity contribution in [1.82, 2.24) is 4.90 Å². The Balaban J connectivity index is 1.80. The van der Waals surface area contributed by atoms with Crippen LogP contribution in [0.2, 0.25) is 0 Å². The zero-order valence-electron chi connectivity index (χ0n) is 26.1. The summed E-state index contributed by atoms with van der Waals surface area (Å²) in [6, 6.07) is 4.76. The number of phenols is 1. The Labute approximate surface area is 252 Å². The van der Waals surface area contributed by atoms with Gasteiger partial charge in [0.15, 0.2) is 11.4 Å². The average Bonchev–Trinajstić information content (AvgIpc) is 3.45. The first kappa shape index (κ1) is 31.1. The quantitative estimate of drug-likeness (QED) is 0.251. The van der Waals surface area contributed by atoms with Gasteiger partial charge < -0.3 is 25.0 Å². The number of allylic oxidation sites excluding steroid dienone is 1. The molecule has 0 unspecified atom stereocenters. The van der Waals surface area contributed by atoms with Crippen LogP contribution in [-0.2, 0) is 23.9 Å². The Kier molecular flexibility index (Phi) is 7.54. The molecule has 0 radical (unpaired) electrons. The highest BCUT2D eigenvalue weighted by Gasteiger charge is 2.78. The van der Waals surface area contributed by atoms with E-state index in [9.17, 15) is 34.5 Å². The van der Waals surface area contributed by atoms with Gasteiger partial charge in [0.25, 0.3) is 0 Å². The van der Waals surface area contributed by atoms with Gasteiger partial charge >= 0.3 is 5.97 Å². The van der Waals surface area contributed by atoms with Crippen LogP contribution in [0.4, 0.5) is 0 Å². The fourth-order valence-corrected chi connectivity index (χ4v) is 9.07. The number of fused-ring (bicyclic) bond motifs is 3. The second-order valence-electron chi connectivity index (χ2n) is 13.6. The zero-order chi connectivity index (χ0) is 31.8. The van der Waals surface area contributed by atoms with Crippen molar-refractivity contribution in [3.05, 3.63) is 46.0 Å². The number of nitrogens with zero attached hydrogens (tertiary/aromatic N) is 1. The van der Waals surface area contributed by atoms with Gasteiger partial charge in [0.1, 0.15) is 17.6 Å². The number of aliphatic hydroxyl groups is 2. The van der Waals surface area contributed by atoms with Crippen LogP contribution in [0, 0.1) is 22.7 Å². The summed E-state index contributed by atoms with van der Waals surface area (Å²) >= 11 is 0. The topological polar surface area (TPSA) is 141 Å². The van der Waals surface area contributed by atoms with Crippen LogP contribution in [0.5, 0.6) is 5.75 Å². The third kappa shape index (κ3) is 4.03. The first-order chi connectivity index (χ1) is 20.1. The molecule has 0 amide bonds. The number of benzene rings is 1. The number of rotatable bonds is 6. The highest BCUT2D eigenvalue weighted by molar-refractivity contribution is 6.34. The molecule has 4 aliphatic rings. The molecule has 3 aliphatic carbocycles. The molecule has 9 heteroatoms. The van der Waals surface area contributed by atoms with E-state index in [-0.39, 0.29) is 34.8 Å². The van der Waals surface area contributed by atoms with Crippen molar-refractivity contribution in [3.8, 4) is 5.75 Å². The number of ketones is 3.